The molecule has 1 unspecified atom stereocenters. The fourth-order valence-electron chi connectivity index (χ4n) is 4.81. The lowest BCUT2D eigenvalue weighted by Crippen LogP contribution is -2.54. The SMILES string of the molecule is CNC(=O)C1(Cc2ccc(-c3cccnc3)cc2)CCCN(C(=O)CCc2ccccc2)C1. The first-order valence-corrected chi connectivity index (χ1v) is 11.6. The monoisotopic (exact) mass is 441 g/mol. The normalized spacial score (nSPS) is 18.0. The van der Waals surface area contributed by atoms with Gasteiger partial charge in [-0.3, -0.25) is 14.6 Å². The van der Waals surface area contributed by atoms with E-state index in [-0.39, 0.29) is 11.8 Å². The number of hydrogen-bond donors (Lipinski definition) is 1. The van der Waals surface area contributed by atoms with Gasteiger partial charge in [0.15, 0.2) is 0 Å². The number of nitrogens with zero attached hydrogens (tertiary/aromatic N) is 2. The molecule has 0 saturated carbocycles. The number of rotatable bonds is 7. The van der Waals surface area contributed by atoms with Gasteiger partial charge in [0, 0.05) is 39.0 Å². The van der Waals surface area contributed by atoms with E-state index in [0.29, 0.717) is 25.9 Å². The van der Waals surface area contributed by atoms with Crippen LogP contribution in [-0.2, 0) is 22.4 Å². The summed E-state index contributed by atoms with van der Waals surface area (Å²) in [5, 5.41) is 2.87. The molecule has 2 heterocycles. The van der Waals surface area contributed by atoms with Crippen molar-refractivity contribution in [3.63, 3.8) is 0 Å². The van der Waals surface area contributed by atoms with Crippen LogP contribution >= 0.6 is 0 Å². The van der Waals surface area contributed by atoms with Crippen molar-refractivity contribution >= 4 is 11.8 Å². The summed E-state index contributed by atoms with van der Waals surface area (Å²) in [5.74, 6) is 0.137. The number of aromatic nitrogens is 1. The standard InChI is InChI=1S/C28H31N3O2/c1-29-27(33)28(19-23-10-13-24(14-11-23)25-9-5-17-30-20-25)16-6-18-31(21-28)26(32)15-12-22-7-3-2-4-8-22/h2-5,7-11,13-14,17,20H,6,12,15-16,18-19,21H2,1H3,(H,29,33). The molecular formula is C28H31N3O2. The Morgan fingerprint density at radius 1 is 0.970 bits per heavy atom. The smallest absolute Gasteiger partial charge is 0.228 e. The molecule has 33 heavy (non-hydrogen) atoms. The van der Waals surface area contributed by atoms with Gasteiger partial charge in [0.1, 0.15) is 0 Å². The molecule has 0 aliphatic carbocycles. The second kappa shape index (κ2) is 10.4. The summed E-state index contributed by atoms with van der Waals surface area (Å²) in [7, 11) is 1.69. The van der Waals surface area contributed by atoms with Gasteiger partial charge in [-0.2, -0.15) is 0 Å². The second-order valence-electron chi connectivity index (χ2n) is 8.88. The Bertz CT molecular complexity index is 1070. The highest BCUT2D eigenvalue weighted by atomic mass is 16.2. The molecular weight excluding hydrogens is 410 g/mol. The highest BCUT2D eigenvalue weighted by molar-refractivity contribution is 5.85. The number of likely N-dealkylation sites (tertiary alicyclic amines) is 1. The molecule has 1 N–H and O–H groups in total. The number of pyridine rings is 1. The van der Waals surface area contributed by atoms with Crippen LogP contribution in [0.3, 0.4) is 0 Å². The van der Waals surface area contributed by atoms with Gasteiger partial charge in [0.2, 0.25) is 11.8 Å². The molecule has 2 aromatic carbocycles. The number of carbonyl (C=O) groups is 2. The van der Waals surface area contributed by atoms with Gasteiger partial charge in [-0.15, -0.1) is 0 Å². The molecule has 1 aliphatic heterocycles. The van der Waals surface area contributed by atoms with Crippen LogP contribution in [0, 0.1) is 5.41 Å². The van der Waals surface area contributed by atoms with Crippen molar-refractivity contribution in [3.05, 3.63) is 90.3 Å². The maximum atomic E-state index is 13.1. The third-order valence-corrected chi connectivity index (χ3v) is 6.60. The largest absolute Gasteiger partial charge is 0.359 e. The van der Waals surface area contributed by atoms with Gasteiger partial charge < -0.3 is 10.2 Å². The van der Waals surface area contributed by atoms with Crippen LogP contribution < -0.4 is 5.32 Å². The van der Waals surface area contributed by atoms with Crippen LogP contribution in [0.4, 0.5) is 0 Å². The summed E-state index contributed by atoms with van der Waals surface area (Å²) in [6.07, 6.45) is 7.02. The van der Waals surface area contributed by atoms with E-state index in [0.717, 1.165) is 41.5 Å². The zero-order chi connectivity index (χ0) is 23.1. The Morgan fingerprint density at radius 3 is 2.45 bits per heavy atom. The Hall–Kier alpha value is -3.47. The van der Waals surface area contributed by atoms with Crippen LogP contribution in [0.2, 0.25) is 0 Å². The number of aryl methyl sites for hydroxylation is 1. The lowest BCUT2D eigenvalue weighted by Gasteiger charge is -2.41. The Morgan fingerprint density at radius 2 is 1.76 bits per heavy atom. The molecule has 0 bridgehead atoms. The van der Waals surface area contributed by atoms with E-state index in [9.17, 15) is 9.59 Å². The average molecular weight is 442 g/mol. The van der Waals surface area contributed by atoms with Gasteiger partial charge in [-0.1, -0.05) is 60.7 Å². The van der Waals surface area contributed by atoms with Crippen molar-refractivity contribution in [2.24, 2.45) is 5.41 Å². The van der Waals surface area contributed by atoms with E-state index < -0.39 is 5.41 Å². The Balaban J connectivity index is 1.47. The molecule has 170 valence electrons. The zero-order valence-corrected chi connectivity index (χ0v) is 19.2. The van der Waals surface area contributed by atoms with Crippen molar-refractivity contribution < 1.29 is 9.59 Å². The van der Waals surface area contributed by atoms with Gasteiger partial charge in [0.05, 0.1) is 5.41 Å². The summed E-state index contributed by atoms with van der Waals surface area (Å²) in [4.78, 5) is 32.2. The molecule has 1 aromatic heterocycles. The Labute approximate surface area is 195 Å². The van der Waals surface area contributed by atoms with Crippen LogP contribution in [0.1, 0.15) is 30.4 Å². The fraction of sp³-hybridized carbons (Fsp3) is 0.321. The van der Waals surface area contributed by atoms with Gasteiger partial charge in [-0.05, 0) is 54.0 Å². The first-order valence-electron chi connectivity index (χ1n) is 11.6. The summed E-state index contributed by atoms with van der Waals surface area (Å²) in [5.41, 5.74) is 3.82. The molecule has 1 fully saturated rings. The minimum atomic E-state index is -0.606. The van der Waals surface area contributed by atoms with E-state index in [1.165, 1.54) is 0 Å². The molecule has 0 spiro atoms. The number of carbonyl (C=O) groups excluding carboxylic acids is 2. The lowest BCUT2D eigenvalue weighted by molar-refractivity contribution is -0.141. The number of piperidine rings is 1. The summed E-state index contributed by atoms with van der Waals surface area (Å²) in [6, 6.07) is 22.4. The molecule has 3 aromatic rings. The quantitative estimate of drug-likeness (QED) is 0.595. The molecule has 4 rings (SSSR count). The van der Waals surface area contributed by atoms with Crippen molar-refractivity contribution in [1.82, 2.24) is 15.2 Å². The van der Waals surface area contributed by atoms with Gasteiger partial charge >= 0.3 is 0 Å². The molecule has 1 atom stereocenters. The van der Waals surface area contributed by atoms with Crippen molar-refractivity contribution in [1.29, 1.82) is 0 Å². The summed E-state index contributed by atoms with van der Waals surface area (Å²) in [6.45, 7) is 1.18. The first-order chi connectivity index (χ1) is 16.1. The highest BCUT2D eigenvalue weighted by Crippen LogP contribution is 2.35. The van der Waals surface area contributed by atoms with Crippen LogP contribution in [0.15, 0.2) is 79.1 Å². The van der Waals surface area contributed by atoms with Crippen LogP contribution in [0.25, 0.3) is 11.1 Å². The number of hydrogen-bond acceptors (Lipinski definition) is 3. The van der Waals surface area contributed by atoms with Crippen LogP contribution in [-0.4, -0.2) is 41.8 Å². The number of amides is 2. The minimum absolute atomic E-state index is 0.0133. The lowest BCUT2D eigenvalue weighted by atomic mass is 9.74. The molecule has 1 saturated heterocycles. The Kier molecular flexibility index (Phi) is 7.18. The highest BCUT2D eigenvalue weighted by Gasteiger charge is 2.42. The second-order valence-corrected chi connectivity index (χ2v) is 8.88. The third kappa shape index (κ3) is 5.48. The van der Waals surface area contributed by atoms with E-state index in [4.69, 9.17) is 0 Å². The summed E-state index contributed by atoms with van der Waals surface area (Å²) < 4.78 is 0. The van der Waals surface area contributed by atoms with Crippen LogP contribution in [0.5, 0.6) is 0 Å². The van der Waals surface area contributed by atoms with Crippen molar-refractivity contribution in [2.75, 3.05) is 20.1 Å². The van der Waals surface area contributed by atoms with E-state index in [1.54, 1.807) is 13.2 Å². The number of benzene rings is 2. The predicted molar refractivity (Wildman–Crippen MR) is 130 cm³/mol. The zero-order valence-electron chi connectivity index (χ0n) is 19.2. The van der Waals surface area contributed by atoms with Gasteiger partial charge in [-0.25, -0.2) is 0 Å². The molecule has 1 aliphatic rings. The maximum absolute atomic E-state index is 13.1. The molecule has 2 amide bonds. The summed E-state index contributed by atoms with van der Waals surface area (Å²) >= 11 is 0. The third-order valence-electron chi connectivity index (χ3n) is 6.60. The van der Waals surface area contributed by atoms with E-state index in [1.807, 2.05) is 53.6 Å². The van der Waals surface area contributed by atoms with E-state index in [2.05, 4.69) is 34.6 Å². The average Bonchev–Trinajstić information content (AvgIpc) is 2.88. The van der Waals surface area contributed by atoms with E-state index >= 15 is 0 Å². The predicted octanol–water partition coefficient (Wildman–Crippen LogP) is 4.28. The first kappa shape index (κ1) is 22.7. The number of nitrogens with one attached hydrogen (secondary N) is 1. The molecule has 5 nitrogen and oxygen atoms in total. The molecule has 5 heteroatoms. The minimum Gasteiger partial charge on any atom is -0.359 e. The molecule has 0 radical (unpaired) electrons. The van der Waals surface area contributed by atoms with Crippen molar-refractivity contribution in [3.8, 4) is 11.1 Å². The maximum Gasteiger partial charge on any atom is 0.228 e. The topological polar surface area (TPSA) is 62.3 Å². The van der Waals surface area contributed by atoms with Gasteiger partial charge in [0.25, 0.3) is 0 Å². The fourth-order valence-corrected chi connectivity index (χ4v) is 4.81. The van der Waals surface area contributed by atoms with Crippen molar-refractivity contribution in [2.45, 2.75) is 32.1 Å².